The van der Waals surface area contributed by atoms with Crippen molar-refractivity contribution in [2.75, 3.05) is 35.2 Å². The number of anilines is 3. The zero-order valence-corrected chi connectivity index (χ0v) is 25.2. The molecule has 5 heterocycles. The number of piperidine rings is 1. The lowest BCUT2D eigenvalue weighted by molar-refractivity contribution is 0.0197. The first kappa shape index (κ1) is 27.8. The minimum Gasteiger partial charge on any atom is -0.390 e. The number of rotatable bonds is 8. The predicted octanol–water partition coefficient (Wildman–Crippen LogP) is 5.84. The molecule has 216 valence electrons. The van der Waals surface area contributed by atoms with E-state index >= 15 is 0 Å². The fraction of sp³-hybridized carbons (Fsp3) is 0.516. The highest BCUT2D eigenvalue weighted by Crippen LogP contribution is 2.40. The van der Waals surface area contributed by atoms with Gasteiger partial charge in [0.2, 0.25) is 5.95 Å². The lowest BCUT2D eigenvalue weighted by Gasteiger charge is -2.32. The Morgan fingerprint density at radius 2 is 1.80 bits per heavy atom. The third kappa shape index (κ3) is 6.13. The van der Waals surface area contributed by atoms with E-state index in [0.29, 0.717) is 11.9 Å². The number of thiazole rings is 1. The summed E-state index contributed by atoms with van der Waals surface area (Å²) in [7, 11) is 0. The first-order chi connectivity index (χ1) is 19.7. The van der Waals surface area contributed by atoms with Crippen LogP contribution in [0, 0.1) is 25.7 Å². The van der Waals surface area contributed by atoms with Crippen LogP contribution in [0.15, 0.2) is 36.7 Å². The highest BCUT2D eigenvalue weighted by Gasteiger charge is 2.35. The van der Waals surface area contributed by atoms with Crippen LogP contribution in [-0.4, -0.2) is 61.3 Å². The number of hydrogen-bond donors (Lipinski definition) is 3. The fourth-order valence-electron chi connectivity index (χ4n) is 6.19. The zero-order chi connectivity index (χ0) is 28.6. The van der Waals surface area contributed by atoms with Gasteiger partial charge >= 0.3 is 0 Å². The molecule has 41 heavy (non-hydrogen) atoms. The van der Waals surface area contributed by atoms with Crippen molar-refractivity contribution in [3.8, 4) is 10.6 Å². The first-order valence-corrected chi connectivity index (χ1v) is 15.6. The van der Waals surface area contributed by atoms with Gasteiger partial charge in [-0.15, -0.1) is 11.3 Å². The van der Waals surface area contributed by atoms with Crippen LogP contribution in [0.5, 0.6) is 0 Å². The average molecular weight is 573 g/mol. The van der Waals surface area contributed by atoms with Crippen molar-refractivity contribution < 1.29 is 5.11 Å². The number of hydrogen-bond acceptors (Lipinski definition) is 10. The smallest absolute Gasteiger partial charge is 0.224 e. The largest absolute Gasteiger partial charge is 0.390 e. The van der Waals surface area contributed by atoms with E-state index in [1.54, 1.807) is 11.3 Å². The summed E-state index contributed by atoms with van der Waals surface area (Å²) in [5, 5.41) is 18.8. The molecular weight excluding hydrogens is 532 g/mol. The third-order valence-electron chi connectivity index (χ3n) is 8.70. The standard InChI is InChI=1S/C31H40N8OS/c1-19-26(29-37-27-20(2)32-14-10-24(27)41-29)28(36-23-9-8-22(17-23)31(3,4)40)38-30(35-19)34-18-21-11-15-39(16-12-21)25-7-5-6-13-33-25/h5-7,10,13-14,21-23,40H,8-9,11-12,15-18H2,1-4H3,(H2,34,35,36,38). The molecule has 0 amide bonds. The number of aryl methyl sites for hydroxylation is 2. The second-order valence-electron chi connectivity index (χ2n) is 12.1. The summed E-state index contributed by atoms with van der Waals surface area (Å²) >= 11 is 1.65. The topological polar surface area (TPSA) is 112 Å². The molecule has 2 unspecified atom stereocenters. The van der Waals surface area contributed by atoms with Crippen molar-refractivity contribution in [3.05, 3.63) is 48.0 Å². The minimum atomic E-state index is -0.683. The Balaban J connectivity index is 1.22. The monoisotopic (exact) mass is 572 g/mol. The summed E-state index contributed by atoms with van der Waals surface area (Å²) in [5.41, 5.74) is 3.02. The van der Waals surface area contributed by atoms with Crippen molar-refractivity contribution in [1.29, 1.82) is 0 Å². The Bertz CT molecular complexity index is 1490. The first-order valence-electron chi connectivity index (χ1n) is 14.7. The molecule has 1 saturated heterocycles. The van der Waals surface area contributed by atoms with Gasteiger partial charge in [0.05, 0.1) is 27.3 Å². The van der Waals surface area contributed by atoms with Gasteiger partial charge in [-0.25, -0.2) is 15.0 Å². The second kappa shape index (κ2) is 11.5. The Morgan fingerprint density at radius 1 is 0.976 bits per heavy atom. The Labute approximate surface area is 245 Å². The van der Waals surface area contributed by atoms with E-state index in [1.807, 2.05) is 58.3 Å². The molecule has 0 radical (unpaired) electrons. The molecule has 9 nitrogen and oxygen atoms in total. The minimum absolute atomic E-state index is 0.237. The quantitative estimate of drug-likeness (QED) is 0.240. The highest BCUT2D eigenvalue weighted by atomic mass is 32.1. The molecule has 2 fully saturated rings. The number of pyridine rings is 2. The summed E-state index contributed by atoms with van der Waals surface area (Å²) in [5.74, 6) is 3.34. The Morgan fingerprint density at radius 3 is 2.51 bits per heavy atom. The normalized spacial score (nSPS) is 20.1. The fourth-order valence-corrected chi connectivity index (χ4v) is 7.30. The van der Waals surface area contributed by atoms with Gasteiger partial charge in [-0.3, -0.25) is 4.98 Å². The molecule has 0 aromatic carbocycles. The molecular formula is C31H40N8OS. The van der Waals surface area contributed by atoms with Crippen LogP contribution >= 0.6 is 11.3 Å². The van der Waals surface area contributed by atoms with Gasteiger partial charge in [-0.2, -0.15) is 4.98 Å². The summed E-state index contributed by atoms with van der Waals surface area (Å²) in [6.07, 6.45) is 8.81. The molecule has 4 aromatic rings. The molecule has 3 N–H and O–H groups in total. The number of aliphatic hydroxyl groups is 1. The van der Waals surface area contributed by atoms with E-state index in [9.17, 15) is 5.11 Å². The predicted molar refractivity (Wildman–Crippen MR) is 167 cm³/mol. The Hall–Kier alpha value is -3.37. The van der Waals surface area contributed by atoms with E-state index in [0.717, 1.165) is 95.5 Å². The molecule has 4 aromatic heterocycles. The molecule has 10 heteroatoms. The van der Waals surface area contributed by atoms with E-state index < -0.39 is 5.60 Å². The number of nitrogens with zero attached hydrogens (tertiary/aromatic N) is 6. The molecule has 0 spiro atoms. The maximum atomic E-state index is 10.6. The van der Waals surface area contributed by atoms with Crippen molar-refractivity contribution in [1.82, 2.24) is 24.9 Å². The maximum Gasteiger partial charge on any atom is 0.224 e. The van der Waals surface area contributed by atoms with Gasteiger partial charge in [0, 0.05) is 38.1 Å². The molecule has 1 aliphatic heterocycles. The van der Waals surface area contributed by atoms with Gasteiger partial charge in [-0.05, 0) is 89.8 Å². The SMILES string of the molecule is Cc1nc(NCC2CCN(c3ccccn3)CC2)nc(NC2CCC(C(C)(C)O)C2)c1-c1nc2c(C)nccc2s1. The van der Waals surface area contributed by atoms with Gasteiger partial charge < -0.3 is 20.6 Å². The number of nitrogens with one attached hydrogen (secondary N) is 2. The molecule has 6 rings (SSSR count). The van der Waals surface area contributed by atoms with Crippen LogP contribution in [0.3, 0.4) is 0 Å². The van der Waals surface area contributed by atoms with Gasteiger partial charge in [0.15, 0.2) is 0 Å². The average Bonchev–Trinajstić information content (AvgIpc) is 3.61. The molecule has 2 atom stereocenters. The van der Waals surface area contributed by atoms with Gasteiger partial charge in [0.25, 0.3) is 0 Å². The summed E-state index contributed by atoms with van der Waals surface area (Å²) in [4.78, 5) is 26.2. The van der Waals surface area contributed by atoms with Crippen LogP contribution in [0.25, 0.3) is 20.8 Å². The maximum absolute atomic E-state index is 10.6. The van der Waals surface area contributed by atoms with Crippen LogP contribution in [-0.2, 0) is 0 Å². The number of fused-ring (bicyclic) bond motifs is 1. The van der Waals surface area contributed by atoms with Crippen LogP contribution in [0.4, 0.5) is 17.6 Å². The van der Waals surface area contributed by atoms with Crippen molar-refractivity contribution in [2.24, 2.45) is 11.8 Å². The molecule has 2 aliphatic rings. The molecule has 1 aliphatic carbocycles. The third-order valence-corrected chi connectivity index (χ3v) is 9.74. The van der Waals surface area contributed by atoms with Crippen LogP contribution in [0.2, 0.25) is 0 Å². The van der Waals surface area contributed by atoms with E-state index in [2.05, 4.69) is 31.6 Å². The van der Waals surface area contributed by atoms with E-state index in [1.165, 1.54) is 0 Å². The highest BCUT2D eigenvalue weighted by molar-refractivity contribution is 7.21. The lowest BCUT2D eigenvalue weighted by atomic mass is 9.89. The van der Waals surface area contributed by atoms with E-state index in [4.69, 9.17) is 15.0 Å². The second-order valence-corrected chi connectivity index (χ2v) is 13.2. The Kier molecular flexibility index (Phi) is 7.78. The zero-order valence-electron chi connectivity index (χ0n) is 24.4. The van der Waals surface area contributed by atoms with E-state index in [-0.39, 0.29) is 12.0 Å². The van der Waals surface area contributed by atoms with Gasteiger partial charge in [-0.1, -0.05) is 6.07 Å². The lowest BCUT2D eigenvalue weighted by Crippen LogP contribution is -2.36. The van der Waals surface area contributed by atoms with Crippen molar-refractivity contribution >= 4 is 39.1 Å². The number of aromatic nitrogens is 5. The molecule has 1 saturated carbocycles. The van der Waals surface area contributed by atoms with Crippen LogP contribution in [0.1, 0.15) is 57.3 Å². The van der Waals surface area contributed by atoms with Gasteiger partial charge in [0.1, 0.15) is 22.2 Å². The summed E-state index contributed by atoms with van der Waals surface area (Å²) in [6, 6.07) is 8.36. The van der Waals surface area contributed by atoms with Crippen molar-refractivity contribution in [2.45, 2.75) is 71.4 Å². The summed E-state index contributed by atoms with van der Waals surface area (Å²) < 4.78 is 1.11. The molecule has 0 bridgehead atoms. The summed E-state index contributed by atoms with van der Waals surface area (Å²) in [6.45, 7) is 10.7. The van der Waals surface area contributed by atoms with Crippen molar-refractivity contribution in [3.63, 3.8) is 0 Å². The van der Waals surface area contributed by atoms with Crippen LogP contribution < -0.4 is 15.5 Å².